The Morgan fingerprint density at radius 1 is 1.29 bits per heavy atom. The summed E-state index contributed by atoms with van der Waals surface area (Å²) >= 11 is 1.69. The van der Waals surface area contributed by atoms with Gasteiger partial charge in [-0.2, -0.15) is 0 Å². The lowest BCUT2D eigenvalue weighted by atomic mass is 9.99. The summed E-state index contributed by atoms with van der Waals surface area (Å²) in [5.41, 5.74) is 1.02. The number of nitrogens with zero attached hydrogens (tertiary/aromatic N) is 1. The highest BCUT2D eigenvalue weighted by Crippen LogP contribution is 2.22. The smallest absolute Gasteiger partial charge is 0.326 e. The maximum Gasteiger partial charge on any atom is 0.326 e. The third kappa shape index (κ3) is 5.03. The highest BCUT2D eigenvalue weighted by Gasteiger charge is 2.24. The minimum atomic E-state index is -0.966. The first-order chi connectivity index (χ1) is 11.5. The average Bonchev–Trinajstić information content (AvgIpc) is 2.98. The number of hydrogen-bond acceptors (Lipinski definition) is 4. The van der Waals surface area contributed by atoms with Gasteiger partial charge in [0.05, 0.1) is 15.2 Å². The van der Waals surface area contributed by atoms with E-state index in [1.807, 2.05) is 32.0 Å². The Hall–Kier alpha value is -1.95. The number of carboxylic acid groups (broad SMARTS) is 1. The maximum absolute atomic E-state index is 11.9. The third-order valence-electron chi connectivity index (χ3n) is 4.18. The molecule has 2 unspecified atom stereocenters. The normalized spacial score (nSPS) is 13.6. The molecule has 0 saturated carbocycles. The topological polar surface area (TPSA) is 79.3 Å². The van der Waals surface area contributed by atoms with Crippen LogP contribution in [0.25, 0.3) is 10.2 Å². The van der Waals surface area contributed by atoms with Crippen molar-refractivity contribution in [3.05, 3.63) is 29.3 Å². The summed E-state index contributed by atoms with van der Waals surface area (Å²) in [6.07, 6.45) is 3.52. The van der Waals surface area contributed by atoms with Crippen LogP contribution in [0.3, 0.4) is 0 Å². The van der Waals surface area contributed by atoms with Crippen LogP contribution in [0.2, 0.25) is 0 Å². The van der Waals surface area contributed by atoms with Gasteiger partial charge in [0.25, 0.3) is 0 Å². The molecule has 0 aliphatic heterocycles. The lowest BCUT2D eigenvalue weighted by molar-refractivity contribution is -0.143. The minimum Gasteiger partial charge on any atom is -0.480 e. The summed E-state index contributed by atoms with van der Waals surface area (Å²) < 4.78 is 1.18. The molecule has 0 saturated heterocycles. The van der Waals surface area contributed by atoms with Crippen LogP contribution < -0.4 is 5.32 Å². The third-order valence-corrected chi connectivity index (χ3v) is 5.27. The van der Waals surface area contributed by atoms with E-state index in [0.29, 0.717) is 6.42 Å². The van der Waals surface area contributed by atoms with E-state index in [1.165, 1.54) is 4.70 Å². The number of nitrogens with one attached hydrogen (secondary N) is 1. The number of thiazole rings is 1. The van der Waals surface area contributed by atoms with Gasteiger partial charge in [0, 0.05) is 6.42 Å². The Labute approximate surface area is 146 Å². The molecular weight excluding hydrogens is 324 g/mol. The standard InChI is InChI=1S/C18H24N2O3S/c1-3-12(2)17(18(22)23)20-15(21)10-6-7-11-16-19-13-8-4-5-9-14(13)24-16/h4-5,8-9,12,17H,3,6-7,10-11H2,1-2H3,(H,20,21)(H,22,23). The first kappa shape index (κ1) is 18.4. The number of amides is 1. The number of benzene rings is 1. The highest BCUT2D eigenvalue weighted by molar-refractivity contribution is 7.18. The van der Waals surface area contributed by atoms with E-state index >= 15 is 0 Å². The summed E-state index contributed by atoms with van der Waals surface area (Å²) in [6, 6.07) is 7.25. The summed E-state index contributed by atoms with van der Waals surface area (Å²) in [4.78, 5) is 27.7. The molecule has 0 aliphatic rings. The van der Waals surface area contributed by atoms with E-state index in [2.05, 4.69) is 16.4 Å². The van der Waals surface area contributed by atoms with Crippen molar-refractivity contribution in [2.75, 3.05) is 0 Å². The lowest BCUT2D eigenvalue weighted by Gasteiger charge is -2.20. The van der Waals surface area contributed by atoms with E-state index in [-0.39, 0.29) is 11.8 Å². The molecule has 2 atom stereocenters. The number of rotatable bonds is 9. The van der Waals surface area contributed by atoms with Gasteiger partial charge in [0.2, 0.25) is 5.91 Å². The summed E-state index contributed by atoms with van der Waals surface area (Å²) in [5.74, 6) is -1.23. The zero-order valence-corrected chi connectivity index (χ0v) is 14.9. The molecule has 1 amide bonds. The van der Waals surface area contributed by atoms with Gasteiger partial charge in [-0.25, -0.2) is 9.78 Å². The van der Waals surface area contributed by atoms with Crippen molar-refractivity contribution in [1.29, 1.82) is 0 Å². The first-order valence-electron chi connectivity index (χ1n) is 8.38. The van der Waals surface area contributed by atoms with Gasteiger partial charge < -0.3 is 10.4 Å². The highest BCUT2D eigenvalue weighted by atomic mass is 32.1. The van der Waals surface area contributed by atoms with Crippen LogP contribution in [0.5, 0.6) is 0 Å². The van der Waals surface area contributed by atoms with E-state index in [0.717, 1.165) is 36.2 Å². The van der Waals surface area contributed by atoms with Crippen molar-refractivity contribution in [2.24, 2.45) is 5.92 Å². The molecule has 0 fully saturated rings. The number of unbranched alkanes of at least 4 members (excludes halogenated alkanes) is 1. The Bertz CT molecular complexity index is 665. The SMILES string of the molecule is CCC(C)C(NC(=O)CCCCc1nc2ccccc2s1)C(=O)O. The van der Waals surface area contributed by atoms with E-state index < -0.39 is 12.0 Å². The second-order valence-electron chi connectivity index (χ2n) is 6.05. The van der Waals surface area contributed by atoms with Crippen LogP contribution >= 0.6 is 11.3 Å². The van der Waals surface area contributed by atoms with Gasteiger partial charge >= 0.3 is 5.97 Å². The maximum atomic E-state index is 11.9. The van der Waals surface area contributed by atoms with Gasteiger partial charge in [-0.3, -0.25) is 4.79 Å². The van der Waals surface area contributed by atoms with Crippen molar-refractivity contribution in [3.8, 4) is 0 Å². The van der Waals surface area contributed by atoms with Crippen LogP contribution in [-0.2, 0) is 16.0 Å². The molecule has 2 rings (SSSR count). The van der Waals surface area contributed by atoms with Crippen LogP contribution in [0.4, 0.5) is 0 Å². The van der Waals surface area contributed by atoms with Gasteiger partial charge in [-0.1, -0.05) is 32.4 Å². The number of hydrogen-bond donors (Lipinski definition) is 2. The van der Waals surface area contributed by atoms with E-state index in [1.54, 1.807) is 11.3 Å². The van der Waals surface area contributed by atoms with Crippen molar-refractivity contribution in [2.45, 2.75) is 52.0 Å². The van der Waals surface area contributed by atoms with Crippen LogP contribution in [0.15, 0.2) is 24.3 Å². The quantitative estimate of drug-likeness (QED) is 0.678. The van der Waals surface area contributed by atoms with E-state index in [4.69, 9.17) is 0 Å². The largest absolute Gasteiger partial charge is 0.480 e. The number of aliphatic carboxylic acids is 1. The average molecular weight is 348 g/mol. The van der Waals surface area contributed by atoms with Gasteiger partial charge in [0.1, 0.15) is 6.04 Å². The van der Waals surface area contributed by atoms with Crippen molar-refractivity contribution >= 4 is 33.4 Å². The monoisotopic (exact) mass is 348 g/mol. The Morgan fingerprint density at radius 3 is 2.71 bits per heavy atom. The van der Waals surface area contributed by atoms with Crippen molar-refractivity contribution in [3.63, 3.8) is 0 Å². The Morgan fingerprint density at radius 2 is 2.04 bits per heavy atom. The molecule has 0 bridgehead atoms. The molecule has 1 aromatic carbocycles. The van der Waals surface area contributed by atoms with Gasteiger partial charge in [-0.05, 0) is 37.3 Å². The lowest BCUT2D eigenvalue weighted by Crippen LogP contribution is -2.44. The summed E-state index contributed by atoms with van der Waals surface area (Å²) in [5, 5.41) is 12.9. The predicted molar refractivity (Wildman–Crippen MR) is 96.2 cm³/mol. The van der Waals surface area contributed by atoms with Crippen LogP contribution in [0.1, 0.15) is 44.5 Å². The molecule has 2 N–H and O–H groups in total. The number of carboxylic acids is 1. The number of para-hydroxylation sites is 1. The molecule has 0 spiro atoms. The molecule has 0 aliphatic carbocycles. The number of fused-ring (bicyclic) bond motifs is 1. The second-order valence-corrected chi connectivity index (χ2v) is 7.17. The fourth-order valence-corrected chi connectivity index (χ4v) is 3.53. The Kier molecular flexibility index (Phi) is 6.73. The molecule has 5 nitrogen and oxygen atoms in total. The fourth-order valence-electron chi connectivity index (χ4n) is 2.52. The fraction of sp³-hybridized carbons (Fsp3) is 0.500. The molecule has 24 heavy (non-hydrogen) atoms. The molecule has 130 valence electrons. The molecule has 2 aromatic rings. The number of aromatic nitrogens is 1. The van der Waals surface area contributed by atoms with Crippen LogP contribution in [0, 0.1) is 5.92 Å². The summed E-state index contributed by atoms with van der Waals surface area (Å²) in [6.45, 7) is 3.76. The van der Waals surface area contributed by atoms with Gasteiger partial charge in [-0.15, -0.1) is 11.3 Å². The van der Waals surface area contributed by atoms with Crippen molar-refractivity contribution in [1.82, 2.24) is 10.3 Å². The van der Waals surface area contributed by atoms with Crippen molar-refractivity contribution < 1.29 is 14.7 Å². The molecule has 1 aromatic heterocycles. The molecule has 1 heterocycles. The molecule has 6 heteroatoms. The van der Waals surface area contributed by atoms with E-state index in [9.17, 15) is 14.7 Å². The zero-order chi connectivity index (χ0) is 17.5. The van der Waals surface area contributed by atoms with Crippen LogP contribution in [-0.4, -0.2) is 28.0 Å². The Balaban J connectivity index is 1.75. The van der Waals surface area contributed by atoms with Gasteiger partial charge in [0.15, 0.2) is 0 Å². The number of carbonyl (C=O) groups excluding carboxylic acids is 1. The molecular formula is C18H24N2O3S. The summed E-state index contributed by atoms with van der Waals surface area (Å²) in [7, 11) is 0. The minimum absolute atomic E-state index is 0.0748. The number of carbonyl (C=O) groups is 2. The first-order valence-corrected chi connectivity index (χ1v) is 9.19. The number of aryl methyl sites for hydroxylation is 1. The zero-order valence-electron chi connectivity index (χ0n) is 14.1. The molecule has 0 radical (unpaired) electrons. The second kappa shape index (κ2) is 8.78. The predicted octanol–water partition coefficient (Wildman–Crippen LogP) is 3.62.